The van der Waals surface area contributed by atoms with Crippen LogP contribution in [0.15, 0.2) is 78.4 Å². The Kier molecular flexibility index (Phi) is 8.48. The van der Waals surface area contributed by atoms with Gasteiger partial charge in [0.15, 0.2) is 0 Å². The van der Waals surface area contributed by atoms with Crippen LogP contribution in [0.1, 0.15) is 29.2 Å². The molecule has 0 radical (unpaired) electrons. The summed E-state index contributed by atoms with van der Waals surface area (Å²) in [6.07, 6.45) is 0.527. The smallest absolute Gasteiger partial charge is 0.295 e. The maximum absolute atomic E-state index is 13.2. The van der Waals surface area contributed by atoms with Crippen LogP contribution in [-0.2, 0) is 20.9 Å². The van der Waals surface area contributed by atoms with Crippen molar-refractivity contribution in [2.75, 3.05) is 27.4 Å². The molecule has 192 valence electrons. The molecule has 0 aromatic heterocycles. The monoisotopic (exact) mass is 521 g/mol. The summed E-state index contributed by atoms with van der Waals surface area (Å²) < 4.78 is 16.4. The zero-order valence-electron chi connectivity index (χ0n) is 20.6. The van der Waals surface area contributed by atoms with Gasteiger partial charge in [0.05, 0.1) is 24.3 Å². The number of hydrogen-bond donors (Lipinski definition) is 1. The quantitative estimate of drug-likeness (QED) is 0.167. The first-order valence-corrected chi connectivity index (χ1v) is 12.2. The van der Waals surface area contributed by atoms with Crippen molar-refractivity contribution in [1.29, 1.82) is 0 Å². The summed E-state index contributed by atoms with van der Waals surface area (Å²) in [4.78, 5) is 27.8. The predicted molar refractivity (Wildman–Crippen MR) is 141 cm³/mol. The maximum Gasteiger partial charge on any atom is 0.295 e. The molecule has 0 saturated carbocycles. The van der Waals surface area contributed by atoms with Gasteiger partial charge in [-0.3, -0.25) is 9.59 Å². The van der Waals surface area contributed by atoms with Crippen LogP contribution in [-0.4, -0.2) is 49.1 Å². The van der Waals surface area contributed by atoms with Gasteiger partial charge in [-0.05, 0) is 47.9 Å². The van der Waals surface area contributed by atoms with Gasteiger partial charge in [-0.2, -0.15) is 0 Å². The molecule has 1 fully saturated rings. The Morgan fingerprint density at radius 3 is 2.41 bits per heavy atom. The minimum atomic E-state index is -0.802. The number of halogens is 1. The molecule has 7 nitrogen and oxygen atoms in total. The van der Waals surface area contributed by atoms with E-state index in [2.05, 4.69) is 0 Å². The molecule has 1 saturated heterocycles. The molecule has 1 heterocycles. The van der Waals surface area contributed by atoms with Crippen molar-refractivity contribution in [3.63, 3.8) is 0 Å². The zero-order valence-corrected chi connectivity index (χ0v) is 21.4. The summed E-state index contributed by atoms with van der Waals surface area (Å²) in [5, 5.41) is 11.7. The molecule has 8 heteroatoms. The van der Waals surface area contributed by atoms with Gasteiger partial charge < -0.3 is 24.2 Å². The normalized spacial score (nSPS) is 16.7. The van der Waals surface area contributed by atoms with E-state index in [4.69, 9.17) is 25.8 Å². The summed E-state index contributed by atoms with van der Waals surface area (Å²) in [5.41, 5.74) is 1.90. The number of nitrogens with zero attached hydrogens (tertiary/aromatic N) is 1. The molecule has 1 aliphatic rings. The standard InChI is InChI=1S/C29H28ClNO6/c1-35-16-6-15-31-26(20-9-12-22(13-10-20)37-18-19-7-4-3-5-8-19)25(28(33)29(31)34)27(32)23-17-21(30)11-14-24(23)36-2/h3-5,7-14,17,26,32H,6,15-16,18H2,1-2H3/b27-25+. The highest BCUT2D eigenvalue weighted by Gasteiger charge is 2.46. The van der Waals surface area contributed by atoms with E-state index in [1.54, 1.807) is 43.5 Å². The lowest BCUT2D eigenvalue weighted by Crippen LogP contribution is -2.31. The van der Waals surface area contributed by atoms with Crippen molar-refractivity contribution < 1.29 is 28.9 Å². The molecule has 4 rings (SSSR count). The van der Waals surface area contributed by atoms with Crippen molar-refractivity contribution in [1.82, 2.24) is 4.90 Å². The lowest BCUT2D eigenvalue weighted by molar-refractivity contribution is -0.140. The number of carbonyl (C=O) groups excluding carboxylic acids is 2. The summed E-state index contributed by atoms with van der Waals surface area (Å²) in [6, 6.07) is 20.9. The highest BCUT2D eigenvalue weighted by Crippen LogP contribution is 2.41. The first-order chi connectivity index (χ1) is 17.9. The fraction of sp³-hybridized carbons (Fsp3) is 0.241. The highest BCUT2D eigenvalue weighted by molar-refractivity contribution is 6.46. The lowest BCUT2D eigenvalue weighted by atomic mass is 9.95. The number of hydrogen-bond acceptors (Lipinski definition) is 6. The maximum atomic E-state index is 13.2. The number of likely N-dealkylation sites (tertiary alicyclic amines) is 1. The van der Waals surface area contributed by atoms with Crippen molar-refractivity contribution in [2.45, 2.75) is 19.1 Å². The first kappa shape index (κ1) is 26.3. The summed E-state index contributed by atoms with van der Waals surface area (Å²) >= 11 is 6.17. The van der Waals surface area contributed by atoms with Crippen LogP contribution in [0.25, 0.3) is 5.76 Å². The van der Waals surface area contributed by atoms with Crippen molar-refractivity contribution in [3.8, 4) is 11.5 Å². The van der Waals surface area contributed by atoms with Gasteiger partial charge in [-0.15, -0.1) is 0 Å². The molecule has 3 aromatic carbocycles. The third kappa shape index (κ3) is 5.79. The van der Waals surface area contributed by atoms with Gasteiger partial charge in [0, 0.05) is 25.3 Å². The Bertz CT molecular complexity index is 1290. The second-order valence-corrected chi connectivity index (χ2v) is 8.96. The second-order valence-electron chi connectivity index (χ2n) is 8.53. The molecule has 1 aliphatic heterocycles. The number of ether oxygens (including phenoxy) is 3. The fourth-order valence-electron chi connectivity index (χ4n) is 4.33. The predicted octanol–water partition coefficient (Wildman–Crippen LogP) is 5.39. The second kappa shape index (κ2) is 12.0. The SMILES string of the molecule is COCCCN1C(=O)C(=O)/C(=C(/O)c2cc(Cl)ccc2OC)C1c1ccc(OCc2ccccc2)cc1. The van der Waals surface area contributed by atoms with Crippen LogP contribution in [0.3, 0.4) is 0 Å². The molecule has 3 aromatic rings. The van der Waals surface area contributed by atoms with Gasteiger partial charge in [0.25, 0.3) is 11.7 Å². The zero-order chi connectivity index (χ0) is 26.4. The molecule has 1 atom stereocenters. The number of rotatable bonds is 10. The molecule has 1 amide bonds. The van der Waals surface area contributed by atoms with Gasteiger partial charge in [0.1, 0.15) is 23.9 Å². The van der Waals surface area contributed by atoms with E-state index in [-0.39, 0.29) is 23.4 Å². The lowest BCUT2D eigenvalue weighted by Gasteiger charge is -2.25. The number of methoxy groups -OCH3 is 2. The molecule has 0 aliphatic carbocycles. The molecule has 37 heavy (non-hydrogen) atoms. The van der Waals surface area contributed by atoms with Gasteiger partial charge in [-0.25, -0.2) is 0 Å². The van der Waals surface area contributed by atoms with Crippen molar-refractivity contribution >= 4 is 29.1 Å². The molecule has 1 unspecified atom stereocenters. The van der Waals surface area contributed by atoms with E-state index in [9.17, 15) is 14.7 Å². The first-order valence-electron chi connectivity index (χ1n) is 11.8. The number of amides is 1. The number of carbonyl (C=O) groups is 2. The van der Waals surface area contributed by atoms with E-state index in [1.807, 2.05) is 30.3 Å². The van der Waals surface area contributed by atoms with Crippen molar-refractivity contribution in [3.05, 3.63) is 100 Å². The van der Waals surface area contributed by atoms with E-state index in [0.29, 0.717) is 41.7 Å². The van der Waals surface area contributed by atoms with Crippen LogP contribution in [0.5, 0.6) is 11.5 Å². The Labute approximate surface area is 220 Å². The minimum Gasteiger partial charge on any atom is -0.507 e. The Hall–Kier alpha value is -3.81. The van der Waals surface area contributed by atoms with Crippen molar-refractivity contribution in [2.24, 2.45) is 0 Å². The molecule has 0 bridgehead atoms. The molecule has 1 N–H and O–H groups in total. The molecule has 0 spiro atoms. The van der Waals surface area contributed by atoms with Crippen LogP contribution in [0, 0.1) is 0 Å². The Morgan fingerprint density at radius 2 is 1.73 bits per heavy atom. The summed E-state index contributed by atoms with van der Waals surface area (Å²) in [7, 11) is 3.03. The Morgan fingerprint density at radius 1 is 1.00 bits per heavy atom. The van der Waals surface area contributed by atoms with Crippen LogP contribution >= 0.6 is 11.6 Å². The third-order valence-electron chi connectivity index (χ3n) is 6.15. The Balaban J connectivity index is 1.72. The van der Waals surface area contributed by atoms with Crippen LogP contribution < -0.4 is 9.47 Å². The fourth-order valence-corrected chi connectivity index (χ4v) is 4.51. The summed E-state index contributed by atoms with van der Waals surface area (Å²) in [6.45, 7) is 1.10. The largest absolute Gasteiger partial charge is 0.507 e. The summed E-state index contributed by atoms with van der Waals surface area (Å²) in [5.74, 6) is -0.836. The topological polar surface area (TPSA) is 85.3 Å². The molecular weight excluding hydrogens is 494 g/mol. The van der Waals surface area contributed by atoms with E-state index >= 15 is 0 Å². The highest BCUT2D eigenvalue weighted by atomic mass is 35.5. The number of aliphatic hydroxyl groups excluding tert-OH is 1. The van der Waals surface area contributed by atoms with Gasteiger partial charge in [-0.1, -0.05) is 54.1 Å². The van der Waals surface area contributed by atoms with Crippen LogP contribution in [0.4, 0.5) is 0 Å². The van der Waals surface area contributed by atoms with Crippen LogP contribution in [0.2, 0.25) is 5.02 Å². The average Bonchev–Trinajstić information content (AvgIpc) is 3.17. The van der Waals surface area contributed by atoms with E-state index in [1.165, 1.54) is 18.1 Å². The number of ketones is 1. The van der Waals surface area contributed by atoms with Gasteiger partial charge >= 0.3 is 0 Å². The molecular formula is C29H28ClNO6. The number of benzene rings is 3. The number of aliphatic hydroxyl groups is 1. The minimum absolute atomic E-state index is 0.0269. The number of Topliss-reactive ketones (excluding diaryl/α,β-unsaturated/α-hetero) is 1. The third-order valence-corrected chi connectivity index (χ3v) is 6.38. The van der Waals surface area contributed by atoms with E-state index in [0.717, 1.165) is 5.56 Å². The van der Waals surface area contributed by atoms with E-state index < -0.39 is 17.7 Å². The average molecular weight is 522 g/mol. The van der Waals surface area contributed by atoms with Gasteiger partial charge in [0.2, 0.25) is 0 Å².